The van der Waals surface area contributed by atoms with Gasteiger partial charge >= 0.3 is 0 Å². The highest BCUT2D eigenvalue weighted by atomic mass is 16.6. The van der Waals surface area contributed by atoms with Crippen molar-refractivity contribution in [1.82, 2.24) is 14.8 Å². The lowest BCUT2D eigenvalue weighted by Gasteiger charge is -2.47. The summed E-state index contributed by atoms with van der Waals surface area (Å²) in [6.07, 6.45) is 0.370. The minimum absolute atomic E-state index is 0.0609. The number of non-ortho nitro benzene ring substituents is 1. The number of hydrogen-bond acceptors (Lipinski definition) is 5. The van der Waals surface area contributed by atoms with Gasteiger partial charge < -0.3 is 19.5 Å². The second kappa shape index (κ2) is 8.77. The number of nitro groups is 1. The van der Waals surface area contributed by atoms with Crippen LogP contribution >= 0.6 is 0 Å². The lowest BCUT2D eigenvalue weighted by molar-refractivity contribution is -0.384. The van der Waals surface area contributed by atoms with E-state index in [1.807, 2.05) is 48.5 Å². The highest BCUT2D eigenvalue weighted by molar-refractivity contribution is 5.97. The number of nitrogens with zero attached hydrogens (tertiary/aromatic N) is 3. The Morgan fingerprint density at radius 2 is 1.84 bits per heavy atom. The Kier molecular flexibility index (Phi) is 5.40. The van der Waals surface area contributed by atoms with E-state index < -0.39 is 17.0 Å². The number of piperazine rings is 1. The monoisotopic (exact) mass is 496 g/mol. The molecule has 9 heteroatoms. The number of aromatic amines is 1. The first-order valence-corrected chi connectivity index (χ1v) is 12.0. The zero-order chi connectivity index (χ0) is 25.7. The second-order valence-corrected chi connectivity index (χ2v) is 9.38. The molecule has 0 aliphatic carbocycles. The third kappa shape index (κ3) is 3.79. The molecule has 1 N–H and O–H groups in total. The summed E-state index contributed by atoms with van der Waals surface area (Å²) >= 11 is 0. The molecule has 9 nitrogen and oxygen atoms in total. The Labute approximate surface area is 212 Å². The van der Waals surface area contributed by atoms with Crippen molar-refractivity contribution < 1.29 is 19.2 Å². The molecule has 1 saturated heterocycles. The second-order valence-electron chi connectivity index (χ2n) is 9.38. The Morgan fingerprint density at radius 1 is 1.05 bits per heavy atom. The number of methoxy groups -OCH3 is 1. The van der Waals surface area contributed by atoms with Crippen LogP contribution in [0.25, 0.3) is 10.9 Å². The summed E-state index contributed by atoms with van der Waals surface area (Å²) in [4.78, 5) is 45.2. The topological polar surface area (TPSA) is 109 Å². The number of carbonyl (C=O) groups is 2. The first-order chi connectivity index (χ1) is 17.9. The largest absolute Gasteiger partial charge is 0.497 e. The van der Waals surface area contributed by atoms with Crippen LogP contribution in [0.2, 0.25) is 0 Å². The Hall–Kier alpha value is -4.66. The van der Waals surface area contributed by atoms with E-state index in [2.05, 4.69) is 4.98 Å². The van der Waals surface area contributed by atoms with E-state index in [0.717, 1.165) is 33.5 Å². The van der Waals surface area contributed by atoms with Gasteiger partial charge in [-0.15, -0.1) is 0 Å². The average molecular weight is 497 g/mol. The van der Waals surface area contributed by atoms with Crippen LogP contribution in [0.1, 0.15) is 28.4 Å². The fourth-order valence-corrected chi connectivity index (χ4v) is 5.56. The number of ether oxygens (including phenoxy) is 1. The quantitative estimate of drug-likeness (QED) is 0.332. The van der Waals surface area contributed by atoms with Crippen molar-refractivity contribution in [3.8, 4) is 5.75 Å². The van der Waals surface area contributed by atoms with Crippen LogP contribution in [0.5, 0.6) is 5.75 Å². The summed E-state index contributed by atoms with van der Waals surface area (Å²) in [6.45, 7) is 0.240. The molecule has 3 aromatic carbocycles. The van der Waals surface area contributed by atoms with Gasteiger partial charge in [-0.25, -0.2) is 0 Å². The first kappa shape index (κ1) is 22.8. The number of amides is 2. The van der Waals surface area contributed by atoms with Crippen molar-refractivity contribution in [2.75, 3.05) is 13.7 Å². The number of H-pyrrole nitrogens is 1. The molecule has 2 amide bonds. The van der Waals surface area contributed by atoms with E-state index >= 15 is 0 Å². The summed E-state index contributed by atoms with van der Waals surface area (Å²) in [7, 11) is 1.59. The molecule has 2 atom stereocenters. The summed E-state index contributed by atoms with van der Waals surface area (Å²) in [5.74, 6) is 0.385. The number of hydrogen-bond donors (Lipinski definition) is 1. The third-order valence-electron chi connectivity index (χ3n) is 7.27. The van der Waals surface area contributed by atoms with Gasteiger partial charge in [0.25, 0.3) is 5.69 Å². The van der Waals surface area contributed by atoms with Gasteiger partial charge in [-0.3, -0.25) is 19.7 Å². The molecule has 0 bridgehead atoms. The predicted molar refractivity (Wildman–Crippen MR) is 136 cm³/mol. The van der Waals surface area contributed by atoms with Gasteiger partial charge in [0, 0.05) is 41.7 Å². The standard InChI is InChI=1S/C28H24N4O5/c1-37-20-11-9-17(10-12-20)15-30-16-25(33)31-24(28(30)34)14-22-21-7-2-3-8-23(21)29-26(22)27(31)18-5-4-6-19(13-18)32(35)36/h2-13,24,27,29H,14-16H2,1H3/t24-,27?/m1/s1. The number of benzene rings is 3. The number of carbonyl (C=O) groups excluding carboxylic acids is 2. The summed E-state index contributed by atoms with van der Waals surface area (Å²) in [5, 5.41) is 12.5. The van der Waals surface area contributed by atoms with Crippen molar-refractivity contribution in [3.63, 3.8) is 0 Å². The van der Waals surface area contributed by atoms with Gasteiger partial charge in [0.1, 0.15) is 18.3 Å². The molecule has 3 heterocycles. The van der Waals surface area contributed by atoms with E-state index in [9.17, 15) is 19.7 Å². The fourth-order valence-electron chi connectivity index (χ4n) is 5.56. The number of nitrogens with one attached hydrogen (secondary N) is 1. The van der Waals surface area contributed by atoms with Crippen LogP contribution in [0, 0.1) is 10.1 Å². The highest BCUT2D eigenvalue weighted by Gasteiger charge is 2.48. The number of rotatable bonds is 5. The predicted octanol–water partition coefficient (Wildman–Crippen LogP) is 3.97. The molecule has 6 rings (SSSR count). The molecule has 0 radical (unpaired) electrons. The van der Waals surface area contributed by atoms with E-state index in [1.54, 1.807) is 29.0 Å². The first-order valence-electron chi connectivity index (χ1n) is 12.0. The molecular weight excluding hydrogens is 472 g/mol. The average Bonchev–Trinajstić information content (AvgIpc) is 3.29. The third-order valence-corrected chi connectivity index (χ3v) is 7.27. The molecule has 37 heavy (non-hydrogen) atoms. The van der Waals surface area contributed by atoms with Crippen molar-refractivity contribution in [3.05, 3.63) is 105 Å². The lowest BCUT2D eigenvalue weighted by atomic mass is 9.86. The lowest BCUT2D eigenvalue weighted by Crippen LogP contribution is -2.62. The minimum Gasteiger partial charge on any atom is -0.497 e. The van der Waals surface area contributed by atoms with Crippen molar-refractivity contribution in [2.45, 2.75) is 25.0 Å². The maximum atomic E-state index is 13.8. The SMILES string of the molecule is COc1ccc(CN2CC(=O)N3C(c4cccc([N+](=O)[O-])c4)c4[nH]c5ccccc5c4C[C@@H]3C2=O)cc1. The van der Waals surface area contributed by atoms with Crippen molar-refractivity contribution in [1.29, 1.82) is 0 Å². The van der Waals surface area contributed by atoms with Gasteiger partial charge in [0.05, 0.1) is 18.1 Å². The molecule has 1 aromatic heterocycles. The van der Waals surface area contributed by atoms with Crippen LogP contribution in [0.15, 0.2) is 72.8 Å². The molecule has 1 unspecified atom stereocenters. The number of para-hydroxylation sites is 1. The number of aromatic nitrogens is 1. The Balaban J connectivity index is 1.43. The highest BCUT2D eigenvalue weighted by Crippen LogP contribution is 2.43. The van der Waals surface area contributed by atoms with Gasteiger partial charge in [0.2, 0.25) is 11.8 Å². The molecule has 1 fully saturated rings. The molecular formula is C28H24N4O5. The van der Waals surface area contributed by atoms with Crippen LogP contribution in [0.3, 0.4) is 0 Å². The minimum atomic E-state index is -0.713. The summed E-state index contributed by atoms with van der Waals surface area (Å²) < 4.78 is 5.22. The normalized spacial score (nSPS) is 19.1. The zero-order valence-corrected chi connectivity index (χ0v) is 20.1. The van der Waals surface area contributed by atoms with E-state index in [0.29, 0.717) is 18.5 Å². The maximum Gasteiger partial charge on any atom is 0.269 e. The van der Waals surface area contributed by atoms with E-state index in [4.69, 9.17) is 4.74 Å². The van der Waals surface area contributed by atoms with Crippen LogP contribution < -0.4 is 4.74 Å². The van der Waals surface area contributed by atoms with Gasteiger partial charge in [-0.2, -0.15) is 0 Å². The molecule has 0 saturated carbocycles. The smallest absolute Gasteiger partial charge is 0.269 e. The number of fused-ring (bicyclic) bond motifs is 4. The van der Waals surface area contributed by atoms with Crippen LogP contribution in [0.4, 0.5) is 5.69 Å². The van der Waals surface area contributed by atoms with Gasteiger partial charge in [-0.05, 0) is 34.9 Å². The fraction of sp³-hybridized carbons (Fsp3) is 0.214. The Bertz CT molecular complexity index is 1540. The number of nitro benzene ring substituents is 1. The van der Waals surface area contributed by atoms with Crippen molar-refractivity contribution in [2.24, 2.45) is 0 Å². The molecule has 4 aromatic rings. The van der Waals surface area contributed by atoms with Crippen molar-refractivity contribution >= 4 is 28.4 Å². The molecule has 0 spiro atoms. The van der Waals surface area contributed by atoms with Gasteiger partial charge in [0.15, 0.2) is 0 Å². The molecule has 2 aliphatic rings. The molecule has 2 aliphatic heterocycles. The van der Waals surface area contributed by atoms with Crippen LogP contribution in [-0.4, -0.2) is 51.2 Å². The van der Waals surface area contributed by atoms with Crippen LogP contribution in [-0.2, 0) is 22.6 Å². The zero-order valence-electron chi connectivity index (χ0n) is 20.1. The Morgan fingerprint density at radius 3 is 2.59 bits per heavy atom. The molecule has 186 valence electrons. The summed E-state index contributed by atoms with van der Waals surface area (Å²) in [6, 6.07) is 20.2. The van der Waals surface area contributed by atoms with E-state index in [-0.39, 0.29) is 24.0 Å². The maximum absolute atomic E-state index is 13.8. The van der Waals surface area contributed by atoms with Gasteiger partial charge in [-0.1, -0.05) is 42.5 Å². The summed E-state index contributed by atoms with van der Waals surface area (Å²) in [5.41, 5.74) is 4.08. The van der Waals surface area contributed by atoms with E-state index in [1.165, 1.54) is 12.1 Å².